The molecule has 0 atom stereocenters. The molecule has 0 aliphatic heterocycles. The van der Waals surface area contributed by atoms with Crippen LogP contribution in [0.5, 0.6) is 5.75 Å². The lowest BCUT2D eigenvalue weighted by Gasteiger charge is -2.08. The van der Waals surface area contributed by atoms with Gasteiger partial charge in [0.15, 0.2) is 5.58 Å². The summed E-state index contributed by atoms with van der Waals surface area (Å²) in [5, 5.41) is 3.64. The quantitative estimate of drug-likeness (QED) is 0.339. The van der Waals surface area contributed by atoms with Crippen LogP contribution < -0.4 is 10.1 Å². The number of ether oxygens (including phenoxy) is 1. The van der Waals surface area contributed by atoms with Crippen LogP contribution in [0.4, 0.5) is 5.69 Å². The summed E-state index contributed by atoms with van der Waals surface area (Å²) < 4.78 is 11.2. The van der Waals surface area contributed by atoms with Crippen LogP contribution in [0.15, 0.2) is 65.1 Å². The van der Waals surface area contributed by atoms with Crippen molar-refractivity contribution in [1.82, 2.24) is 4.98 Å². The van der Waals surface area contributed by atoms with Crippen LogP contribution in [-0.4, -0.2) is 18.0 Å². The second-order valence-electron chi connectivity index (χ2n) is 6.85. The normalized spacial score (nSPS) is 11.2. The van der Waals surface area contributed by atoms with E-state index in [1.54, 1.807) is 36.4 Å². The average molecular weight is 453 g/mol. The van der Waals surface area contributed by atoms with Gasteiger partial charge in [-0.2, -0.15) is 0 Å². The molecule has 3 aromatic carbocycles. The number of amides is 1. The van der Waals surface area contributed by atoms with Gasteiger partial charge in [0.25, 0.3) is 0 Å². The van der Waals surface area contributed by atoms with Crippen molar-refractivity contribution in [3.63, 3.8) is 0 Å². The number of nitrogens with zero attached hydrogens (tertiary/aromatic N) is 1. The van der Waals surface area contributed by atoms with E-state index in [1.807, 2.05) is 31.2 Å². The van der Waals surface area contributed by atoms with E-state index in [0.29, 0.717) is 44.0 Å². The summed E-state index contributed by atoms with van der Waals surface area (Å²) in [7, 11) is 1.50. The van der Waals surface area contributed by atoms with Crippen molar-refractivity contribution in [2.24, 2.45) is 0 Å². The van der Waals surface area contributed by atoms with Crippen molar-refractivity contribution < 1.29 is 13.9 Å². The van der Waals surface area contributed by atoms with E-state index in [4.69, 9.17) is 32.4 Å². The molecule has 0 spiro atoms. The molecule has 156 valence electrons. The van der Waals surface area contributed by atoms with Crippen molar-refractivity contribution in [2.75, 3.05) is 12.4 Å². The monoisotopic (exact) mass is 452 g/mol. The summed E-state index contributed by atoms with van der Waals surface area (Å²) in [4.78, 5) is 17.0. The van der Waals surface area contributed by atoms with Gasteiger partial charge in [-0.1, -0.05) is 41.4 Å². The number of halogens is 2. The Morgan fingerprint density at radius 3 is 2.71 bits per heavy atom. The van der Waals surface area contributed by atoms with Gasteiger partial charge >= 0.3 is 0 Å². The first-order valence-electron chi connectivity index (χ1n) is 9.43. The number of rotatable bonds is 5. The van der Waals surface area contributed by atoms with E-state index in [9.17, 15) is 4.79 Å². The number of carbonyl (C=O) groups is 1. The van der Waals surface area contributed by atoms with Gasteiger partial charge in [0.05, 0.1) is 12.1 Å². The summed E-state index contributed by atoms with van der Waals surface area (Å²) in [5.41, 5.74) is 4.51. The van der Waals surface area contributed by atoms with Crippen molar-refractivity contribution in [3.05, 3.63) is 81.8 Å². The Morgan fingerprint density at radius 2 is 1.94 bits per heavy atom. The molecule has 0 radical (unpaired) electrons. The third-order valence-corrected chi connectivity index (χ3v) is 5.19. The van der Waals surface area contributed by atoms with E-state index in [0.717, 1.165) is 11.1 Å². The SMILES string of the molecule is COc1c(Cl)cc(Cl)cc1/C=C/C(=O)Nc1ccc2oc(-c3ccccc3C)nc2c1. The third-order valence-electron chi connectivity index (χ3n) is 4.69. The largest absolute Gasteiger partial charge is 0.495 e. The van der Waals surface area contributed by atoms with Gasteiger partial charge in [-0.3, -0.25) is 4.79 Å². The van der Waals surface area contributed by atoms with Gasteiger partial charge in [0.2, 0.25) is 11.8 Å². The minimum absolute atomic E-state index is 0.319. The highest BCUT2D eigenvalue weighted by Gasteiger charge is 2.12. The van der Waals surface area contributed by atoms with Gasteiger partial charge < -0.3 is 14.5 Å². The number of hydrogen-bond donors (Lipinski definition) is 1. The molecule has 0 fully saturated rings. The molecule has 4 aromatic rings. The smallest absolute Gasteiger partial charge is 0.248 e. The van der Waals surface area contributed by atoms with Gasteiger partial charge in [0, 0.05) is 27.9 Å². The van der Waals surface area contributed by atoms with Crippen molar-refractivity contribution in [2.45, 2.75) is 6.92 Å². The van der Waals surface area contributed by atoms with E-state index in [2.05, 4.69) is 10.3 Å². The molecule has 0 saturated heterocycles. The summed E-state index contributed by atoms with van der Waals surface area (Å²) in [6, 6.07) is 16.4. The topological polar surface area (TPSA) is 64.4 Å². The van der Waals surface area contributed by atoms with Gasteiger partial charge in [-0.25, -0.2) is 4.98 Å². The maximum atomic E-state index is 12.4. The van der Waals surface area contributed by atoms with E-state index >= 15 is 0 Å². The molecule has 1 heterocycles. The maximum absolute atomic E-state index is 12.4. The Bertz CT molecular complexity index is 1310. The first-order valence-corrected chi connectivity index (χ1v) is 10.2. The molecule has 5 nitrogen and oxygen atoms in total. The molecule has 0 unspecified atom stereocenters. The minimum atomic E-state index is -0.319. The third kappa shape index (κ3) is 4.58. The zero-order valence-corrected chi connectivity index (χ0v) is 18.3. The Morgan fingerprint density at radius 1 is 1.13 bits per heavy atom. The first kappa shape index (κ1) is 21.0. The number of aryl methyl sites for hydroxylation is 1. The summed E-state index contributed by atoms with van der Waals surface area (Å²) >= 11 is 12.2. The van der Waals surface area contributed by atoms with Gasteiger partial charge in [0.1, 0.15) is 11.3 Å². The fourth-order valence-electron chi connectivity index (χ4n) is 3.20. The molecular weight excluding hydrogens is 435 g/mol. The van der Waals surface area contributed by atoms with Crippen LogP contribution in [0.3, 0.4) is 0 Å². The number of fused-ring (bicyclic) bond motifs is 1. The van der Waals surface area contributed by atoms with Crippen LogP contribution >= 0.6 is 23.2 Å². The van der Waals surface area contributed by atoms with Crippen LogP contribution in [-0.2, 0) is 4.79 Å². The van der Waals surface area contributed by atoms with Crippen molar-refractivity contribution in [1.29, 1.82) is 0 Å². The number of carbonyl (C=O) groups excluding carboxylic acids is 1. The molecule has 0 saturated carbocycles. The molecule has 0 aliphatic rings. The van der Waals surface area contributed by atoms with Crippen LogP contribution in [0.2, 0.25) is 10.0 Å². The Kier molecular flexibility index (Phi) is 5.98. The van der Waals surface area contributed by atoms with Gasteiger partial charge in [-0.15, -0.1) is 0 Å². The summed E-state index contributed by atoms with van der Waals surface area (Å²) in [6.45, 7) is 2.00. The Labute approximate surface area is 189 Å². The van der Waals surface area contributed by atoms with E-state index in [1.165, 1.54) is 13.2 Å². The lowest BCUT2D eigenvalue weighted by atomic mass is 10.1. The molecule has 0 aliphatic carbocycles. The van der Waals surface area contributed by atoms with Crippen molar-refractivity contribution in [3.8, 4) is 17.2 Å². The first-order chi connectivity index (χ1) is 14.9. The fraction of sp³-hybridized carbons (Fsp3) is 0.0833. The fourth-order valence-corrected chi connectivity index (χ4v) is 3.79. The van der Waals surface area contributed by atoms with Crippen LogP contribution in [0.1, 0.15) is 11.1 Å². The minimum Gasteiger partial charge on any atom is -0.495 e. The number of methoxy groups -OCH3 is 1. The number of aromatic nitrogens is 1. The number of nitrogens with one attached hydrogen (secondary N) is 1. The average Bonchev–Trinajstić information content (AvgIpc) is 3.15. The molecule has 1 aromatic heterocycles. The van der Waals surface area contributed by atoms with Crippen LogP contribution in [0, 0.1) is 6.92 Å². The standard InChI is InChI=1S/C24H18Cl2N2O3/c1-14-5-3-4-6-18(14)24-28-20-13-17(8-9-21(20)31-24)27-22(29)10-7-15-11-16(25)12-19(26)23(15)30-2/h3-13H,1-2H3,(H,27,29)/b10-7+. The highest BCUT2D eigenvalue weighted by Crippen LogP contribution is 2.33. The number of anilines is 1. The highest BCUT2D eigenvalue weighted by molar-refractivity contribution is 6.36. The Balaban J connectivity index is 1.54. The summed E-state index contributed by atoms with van der Waals surface area (Å²) in [5.74, 6) is 0.671. The van der Waals surface area contributed by atoms with Crippen molar-refractivity contribution >= 4 is 52.0 Å². The molecule has 1 N–H and O–H groups in total. The van der Waals surface area contributed by atoms with E-state index in [-0.39, 0.29) is 5.91 Å². The lowest BCUT2D eigenvalue weighted by Crippen LogP contribution is -2.07. The second kappa shape index (κ2) is 8.84. The zero-order chi connectivity index (χ0) is 22.0. The molecule has 1 amide bonds. The number of hydrogen-bond acceptors (Lipinski definition) is 4. The van der Waals surface area contributed by atoms with Crippen LogP contribution in [0.25, 0.3) is 28.6 Å². The molecule has 7 heteroatoms. The molecule has 0 bridgehead atoms. The maximum Gasteiger partial charge on any atom is 0.248 e. The highest BCUT2D eigenvalue weighted by atomic mass is 35.5. The molecular formula is C24H18Cl2N2O3. The Hall–Kier alpha value is -3.28. The predicted octanol–water partition coefficient (Wildman–Crippen LogP) is 6.77. The molecule has 4 rings (SSSR count). The second-order valence-corrected chi connectivity index (χ2v) is 7.69. The zero-order valence-electron chi connectivity index (χ0n) is 16.8. The lowest BCUT2D eigenvalue weighted by molar-refractivity contribution is -0.111. The summed E-state index contributed by atoms with van der Waals surface area (Å²) in [6.07, 6.45) is 2.98. The molecule has 31 heavy (non-hydrogen) atoms. The van der Waals surface area contributed by atoms with Gasteiger partial charge in [-0.05, 0) is 55.0 Å². The predicted molar refractivity (Wildman–Crippen MR) is 125 cm³/mol. The number of oxazole rings is 1. The van der Waals surface area contributed by atoms with E-state index < -0.39 is 0 Å². The number of benzene rings is 3.